The standard InChI is InChI=1S/C10H9N5O5S/c11-9-12-10(14-13-9)21(19,20)5-8(16)6-1-3-7(4-2-6)15(17)18/h1-4H,5H2,(H3,11,12,13,14). The lowest BCUT2D eigenvalue weighted by molar-refractivity contribution is -0.384. The number of nitro benzene ring substituents is 1. The van der Waals surface area contributed by atoms with Crippen molar-refractivity contribution in [3.8, 4) is 0 Å². The first kappa shape index (κ1) is 14.6. The largest absolute Gasteiger partial charge is 0.366 e. The lowest BCUT2D eigenvalue weighted by Gasteiger charge is -2.01. The Hall–Kier alpha value is -2.82. The van der Waals surface area contributed by atoms with E-state index >= 15 is 0 Å². The zero-order valence-corrected chi connectivity index (χ0v) is 11.2. The molecule has 11 heteroatoms. The second-order valence-corrected chi connectivity index (χ2v) is 5.89. The van der Waals surface area contributed by atoms with Crippen LogP contribution in [0.5, 0.6) is 0 Å². The molecule has 21 heavy (non-hydrogen) atoms. The average Bonchev–Trinajstić information content (AvgIpc) is 2.86. The summed E-state index contributed by atoms with van der Waals surface area (Å²) in [4.78, 5) is 25.2. The number of sulfone groups is 1. The Morgan fingerprint density at radius 2 is 1.95 bits per heavy atom. The fraction of sp³-hybridized carbons (Fsp3) is 0.100. The first-order valence-electron chi connectivity index (χ1n) is 5.48. The van der Waals surface area contributed by atoms with Crippen molar-refractivity contribution in [2.75, 3.05) is 11.5 Å². The molecule has 0 bridgehead atoms. The topological polar surface area (TPSA) is 162 Å². The zero-order chi connectivity index (χ0) is 15.6. The number of rotatable bonds is 5. The Kier molecular flexibility index (Phi) is 3.67. The van der Waals surface area contributed by atoms with Crippen molar-refractivity contribution < 1.29 is 18.1 Å². The third kappa shape index (κ3) is 3.20. The van der Waals surface area contributed by atoms with Crippen molar-refractivity contribution in [1.29, 1.82) is 0 Å². The first-order chi connectivity index (χ1) is 9.79. The number of benzene rings is 1. The average molecular weight is 311 g/mol. The van der Waals surface area contributed by atoms with Crippen molar-refractivity contribution >= 4 is 27.3 Å². The highest BCUT2D eigenvalue weighted by Crippen LogP contribution is 2.14. The molecule has 1 aromatic heterocycles. The number of carbonyl (C=O) groups is 1. The molecule has 0 radical (unpaired) electrons. The van der Waals surface area contributed by atoms with E-state index in [0.717, 1.165) is 12.1 Å². The number of nitrogens with zero attached hydrogens (tertiary/aromatic N) is 3. The highest BCUT2D eigenvalue weighted by atomic mass is 32.2. The predicted octanol–water partition coefficient (Wildman–Crippen LogP) is -0.0483. The number of nitrogen functional groups attached to an aromatic ring is 1. The van der Waals surface area contributed by atoms with E-state index in [1.165, 1.54) is 12.1 Å². The van der Waals surface area contributed by atoms with Gasteiger partial charge in [-0.1, -0.05) is 0 Å². The van der Waals surface area contributed by atoms with Gasteiger partial charge in [-0.25, -0.2) is 13.5 Å². The Morgan fingerprint density at radius 1 is 1.33 bits per heavy atom. The number of hydrogen-bond donors (Lipinski definition) is 2. The molecule has 2 aromatic rings. The van der Waals surface area contributed by atoms with Crippen molar-refractivity contribution in [2.45, 2.75) is 5.16 Å². The third-order valence-corrected chi connectivity index (χ3v) is 3.91. The van der Waals surface area contributed by atoms with Crippen LogP contribution in [-0.4, -0.2) is 40.1 Å². The molecule has 0 saturated heterocycles. The summed E-state index contributed by atoms with van der Waals surface area (Å²) in [6, 6.07) is 4.61. The molecule has 0 aliphatic rings. The summed E-state index contributed by atoms with van der Waals surface area (Å²) in [6.07, 6.45) is 0. The van der Waals surface area contributed by atoms with Crippen LogP contribution in [0.15, 0.2) is 29.4 Å². The van der Waals surface area contributed by atoms with Gasteiger partial charge in [0.1, 0.15) is 5.75 Å². The van der Waals surface area contributed by atoms with Gasteiger partial charge in [0.2, 0.25) is 20.9 Å². The second kappa shape index (κ2) is 5.28. The molecule has 2 rings (SSSR count). The number of aromatic nitrogens is 3. The van der Waals surface area contributed by atoms with Crippen LogP contribution in [0.2, 0.25) is 0 Å². The number of nitrogens with one attached hydrogen (secondary N) is 1. The maximum absolute atomic E-state index is 11.9. The summed E-state index contributed by atoms with van der Waals surface area (Å²) in [5, 5.41) is 15.5. The van der Waals surface area contributed by atoms with Gasteiger partial charge in [0.05, 0.1) is 4.92 Å². The number of non-ortho nitro benzene ring substituents is 1. The van der Waals surface area contributed by atoms with Crippen LogP contribution in [-0.2, 0) is 9.84 Å². The van der Waals surface area contributed by atoms with Crippen molar-refractivity contribution in [3.05, 3.63) is 39.9 Å². The molecule has 1 heterocycles. The van der Waals surface area contributed by atoms with Gasteiger partial charge in [-0.3, -0.25) is 14.9 Å². The van der Waals surface area contributed by atoms with E-state index in [9.17, 15) is 23.3 Å². The van der Waals surface area contributed by atoms with Gasteiger partial charge < -0.3 is 5.73 Å². The highest BCUT2D eigenvalue weighted by Gasteiger charge is 2.24. The Balaban J connectivity index is 2.19. The minimum Gasteiger partial charge on any atom is -0.366 e. The van der Waals surface area contributed by atoms with E-state index in [2.05, 4.69) is 15.2 Å². The van der Waals surface area contributed by atoms with Gasteiger partial charge >= 0.3 is 0 Å². The summed E-state index contributed by atoms with van der Waals surface area (Å²) in [7, 11) is -4.01. The van der Waals surface area contributed by atoms with E-state index in [-0.39, 0.29) is 17.2 Å². The lowest BCUT2D eigenvalue weighted by Crippen LogP contribution is -2.17. The molecule has 0 aliphatic heterocycles. The van der Waals surface area contributed by atoms with Crippen molar-refractivity contribution in [3.63, 3.8) is 0 Å². The van der Waals surface area contributed by atoms with Crippen molar-refractivity contribution in [2.24, 2.45) is 0 Å². The van der Waals surface area contributed by atoms with Gasteiger partial charge in [-0.05, 0) is 12.1 Å². The van der Waals surface area contributed by atoms with Crippen LogP contribution in [0.3, 0.4) is 0 Å². The van der Waals surface area contributed by atoms with Gasteiger partial charge in [0.15, 0.2) is 5.78 Å². The number of H-pyrrole nitrogens is 1. The molecular weight excluding hydrogens is 302 g/mol. The van der Waals surface area contributed by atoms with Crippen LogP contribution < -0.4 is 5.73 Å². The van der Waals surface area contributed by atoms with E-state index in [0.29, 0.717) is 0 Å². The summed E-state index contributed by atoms with van der Waals surface area (Å²) in [5.41, 5.74) is 5.04. The fourth-order valence-corrected chi connectivity index (χ4v) is 2.56. The van der Waals surface area contributed by atoms with Gasteiger partial charge in [0.25, 0.3) is 5.69 Å². The van der Waals surface area contributed by atoms with Gasteiger partial charge in [-0.15, -0.1) is 5.10 Å². The summed E-state index contributed by atoms with van der Waals surface area (Å²) >= 11 is 0. The number of nitrogens with two attached hydrogens (primary N) is 1. The van der Waals surface area contributed by atoms with Crippen LogP contribution in [0.1, 0.15) is 10.4 Å². The SMILES string of the molecule is Nc1n[nH]c(S(=O)(=O)CC(=O)c2ccc([N+](=O)[O-])cc2)n1. The van der Waals surface area contributed by atoms with Gasteiger partial charge in [-0.2, -0.15) is 4.98 Å². The number of hydrogen-bond acceptors (Lipinski definition) is 8. The molecule has 10 nitrogen and oxygen atoms in total. The van der Waals surface area contributed by atoms with Crippen LogP contribution in [0, 0.1) is 10.1 Å². The smallest absolute Gasteiger partial charge is 0.269 e. The molecule has 0 fully saturated rings. The molecule has 0 aliphatic carbocycles. The molecule has 0 amide bonds. The minimum absolute atomic E-state index is 0.0386. The Bertz CT molecular complexity index is 796. The van der Waals surface area contributed by atoms with E-state index in [1.807, 2.05) is 0 Å². The second-order valence-electron chi connectivity index (χ2n) is 3.99. The molecule has 0 spiro atoms. The van der Waals surface area contributed by atoms with Gasteiger partial charge in [0, 0.05) is 17.7 Å². The maximum atomic E-state index is 11.9. The molecule has 0 atom stereocenters. The number of anilines is 1. The molecule has 0 saturated carbocycles. The van der Waals surface area contributed by atoms with Crippen LogP contribution in [0.25, 0.3) is 0 Å². The Morgan fingerprint density at radius 3 is 2.43 bits per heavy atom. The molecule has 1 aromatic carbocycles. The zero-order valence-electron chi connectivity index (χ0n) is 10.4. The fourth-order valence-electron chi connectivity index (χ4n) is 1.49. The normalized spacial score (nSPS) is 11.2. The third-order valence-electron chi connectivity index (χ3n) is 2.50. The maximum Gasteiger partial charge on any atom is 0.269 e. The molecule has 0 unspecified atom stereocenters. The predicted molar refractivity (Wildman–Crippen MR) is 70.3 cm³/mol. The minimum atomic E-state index is -4.01. The summed E-state index contributed by atoms with van der Waals surface area (Å²) in [5.74, 6) is -1.82. The number of Topliss-reactive ketones (excluding diaryl/α,β-unsaturated/α-hetero) is 1. The highest BCUT2D eigenvalue weighted by molar-refractivity contribution is 7.92. The number of nitro groups is 1. The monoisotopic (exact) mass is 311 g/mol. The lowest BCUT2D eigenvalue weighted by atomic mass is 10.1. The van der Waals surface area contributed by atoms with Crippen molar-refractivity contribution in [1.82, 2.24) is 15.2 Å². The number of carbonyl (C=O) groups excluding carboxylic acids is 1. The Labute approximate surface area is 118 Å². The quantitative estimate of drug-likeness (QED) is 0.441. The van der Waals surface area contributed by atoms with E-state index in [4.69, 9.17) is 5.73 Å². The first-order valence-corrected chi connectivity index (χ1v) is 7.13. The van der Waals surface area contributed by atoms with Crippen LogP contribution >= 0.6 is 0 Å². The number of aromatic amines is 1. The molecular formula is C10H9N5O5S. The summed E-state index contributed by atoms with van der Waals surface area (Å²) in [6.45, 7) is 0. The van der Waals surface area contributed by atoms with E-state index in [1.54, 1.807) is 0 Å². The number of ketones is 1. The molecule has 110 valence electrons. The molecule has 3 N–H and O–H groups in total. The summed E-state index contributed by atoms with van der Waals surface area (Å²) < 4.78 is 23.8. The van der Waals surface area contributed by atoms with E-state index < -0.39 is 31.5 Å². The van der Waals surface area contributed by atoms with Crippen LogP contribution in [0.4, 0.5) is 11.6 Å².